The van der Waals surface area contributed by atoms with Crippen molar-refractivity contribution in [2.45, 2.75) is 19.4 Å². The van der Waals surface area contributed by atoms with Gasteiger partial charge in [0.05, 0.1) is 32.2 Å². The SMILES string of the molecule is COc1ccc(C[N+](C)(CCCNC=O)CCCNC=O)cc1[N+](=O)[O-]. The quantitative estimate of drug-likeness (QED) is 0.166. The highest BCUT2D eigenvalue weighted by atomic mass is 16.6. The number of hydrogen-bond acceptors (Lipinski definition) is 5. The van der Waals surface area contributed by atoms with Crippen LogP contribution in [0.1, 0.15) is 18.4 Å². The van der Waals surface area contributed by atoms with Crippen molar-refractivity contribution < 1.29 is 23.7 Å². The number of methoxy groups -OCH3 is 1. The summed E-state index contributed by atoms with van der Waals surface area (Å²) in [6.45, 7) is 3.34. The molecule has 0 bridgehead atoms. The Bertz CT molecular complexity index is 593. The normalized spacial score (nSPS) is 10.8. The largest absolute Gasteiger partial charge is 0.490 e. The lowest BCUT2D eigenvalue weighted by Crippen LogP contribution is -2.46. The summed E-state index contributed by atoms with van der Waals surface area (Å²) >= 11 is 0. The number of benzene rings is 1. The van der Waals surface area contributed by atoms with Crippen LogP contribution < -0.4 is 15.4 Å². The molecule has 0 radical (unpaired) electrons. The Hall–Kier alpha value is -2.68. The molecule has 2 N–H and O–H groups in total. The number of hydrogen-bond donors (Lipinski definition) is 2. The monoisotopic (exact) mass is 367 g/mol. The number of nitro benzene ring substituents is 1. The average Bonchev–Trinajstić information content (AvgIpc) is 2.62. The number of rotatable bonds is 14. The summed E-state index contributed by atoms with van der Waals surface area (Å²) in [7, 11) is 3.47. The van der Waals surface area contributed by atoms with Gasteiger partial charge in [-0.25, -0.2) is 0 Å². The van der Waals surface area contributed by atoms with Gasteiger partial charge in [0.2, 0.25) is 12.8 Å². The number of nitrogens with zero attached hydrogens (tertiary/aromatic N) is 2. The van der Waals surface area contributed by atoms with E-state index in [2.05, 4.69) is 17.7 Å². The topological polar surface area (TPSA) is 111 Å². The van der Waals surface area contributed by atoms with Gasteiger partial charge < -0.3 is 19.9 Å². The zero-order valence-corrected chi connectivity index (χ0v) is 15.3. The number of carbonyl (C=O) groups excluding carboxylic acids is 2. The second-order valence-electron chi connectivity index (χ2n) is 6.34. The Morgan fingerprint density at radius 2 is 1.73 bits per heavy atom. The highest BCUT2D eigenvalue weighted by Crippen LogP contribution is 2.28. The van der Waals surface area contributed by atoms with Crippen LogP contribution >= 0.6 is 0 Å². The summed E-state index contributed by atoms with van der Waals surface area (Å²) in [4.78, 5) is 31.6. The van der Waals surface area contributed by atoms with Crippen LogP contribution in [0.25, 0.3) is 0 Å². The van der Waals surface area contributed by atoms with Crippen LogP contribution in [0, 0.1) is 10.1 Å². The molecule has 0 aliphatic heterocycles. The van der Waals surface area contributed by atoms with E-state index in [-0.39, 0.29) is 11.4 Å². The van der Waals surface area contributed by atoms with Crippen molar-refractivity contribution in [3.63, 3.8) is 0 Å². The lowest BCUT2D eigenvalue weighted by Gasteiger charge is -2.35. The molecular weight excluding hydrogens is 340 g/mol. The average molecular weight is 367 g/mol. The minimum absolute atomic E-state index is 0.0539. The fourth-order valence-electron chi connectivity index (χ4n) is 2.93. The van der Waals surface area contributed by atoms with Gasteiger partial charge in [-0.1, -0.05) is 0 Å². The molecule has 0 aromatic heterocycles. The summed E-state index contributed by atoms with van der Waals surface area (Å²) < 4.78 is 5.69. The van der Waals surface area contributed by atoms with Crippen LogP contribution in [0.5, 0.6) is 5.75 Å². The number of ether oxygens (including phenoxy) is 1. The van der Waals surface area contributed by atoms with Gasteiger partial charge in [0.15, 0.2) is 5.75 Å². The summed E-state index contributed by atoms with van der Waals surface area (Å²) in [5.74, 6) is 0.235. The minimum Gasteiger partial charge on any atom is -0.490 e. The molecule has 144 valence electrons. The van der Waals surface area contributed by atoms with Crippen LogP contribution in [0.3, 0.4) is 0 Å². The Morgan fingerprint density at radius 1 is 1.15 bits per heavy atom. The van der Waals surface area contributed by atoms with Crippen molar-refractivity contribution in [1.82, 2.24) is 10.6 Å². The molecule has 26 heavy (non-hydrogen) atoms. The standard InChI is InChI=1S/C17H26N4O5/c1-21(9-3-7-18-13-22,10-4-8-19-14-23)12-15-5-6-17(26-2)16(11-15)20(24)25/h5-6,11,13-14H,3-4,7-10,12H2,1-2H3,(H-,18,19,22,23)/p+1. The molecule has 0 saturated heterocycles. The van der Waals surface area contributed by atoms with E-state index in [0.29, 0.717) is 36.9 Å². The van der Waals surface area contributed by atoms with E-state index in [0.717, 1.165) is 31.5 Å². The van der Waals surface area contributed by atoms with Gasteiger partial charge in [-0.05, 0) is 12.1 Å². The fourth-order valence-corrected chi connectivity index (χ4v) is 2.93. The first kappa shape index (κ1) is 21.4. The predicted molar refractivity (Wildman–Crippen MR) is 96.6 cm³/mol. The fraction of sp³-hybridized carbons (Fsp3) is 0.529. The number of nitrogens with one attached hydrogen (secondary N) is 2. The first-order chi connectivity index (χ1) is 12.5. The van der Waals surface area contributed by atoms with Crippen LogP contribution in [-0.2, 0) is 16.1 Å². The van der Waals surface area contributed by atoms with Gasteiger partial charge in [0.25, 0.3) is 0 Å². The van der Waals surface area contributed by atoms with Crippen LogP contribution in [0.2, 0.25) is 0 Å². The predicted octanol–water partition coefficient (Wildman–Crippen LogP) is 0.822. The number of amides is 2. The van der Waals surface area contributed by atoms with Gasteiger partial charge >= 0.3 is 5.69 Å². The van der Waals surface area contributed by atoms with E-state index in [1.807, 2.05) is 6.07 Å². The van der Waals surface area contributed by atoms with Crippen LogP contribution in [0.4, 0.5) is 5.69 Å². The number of carbonyl (C=O) groups is 2. The summed E-state index contributed by atoms with van der Waals surface area (Å²) in [5, 5.41) is 16.5. The molecule has 2 amide bonds. The van der Waals surface area contributed by atoms with Gasteiger partial charge in [0.1, 0.15) is 6.54 Å². The molecule has 0 fully saturated rings. The van der Waals surface area contributed by atoms with Gasteiger partial charge in [0, 0.05) is 37.6 Å². The zero-order valence-electron chi connectivity index (χ0n) is 15.3. The van der Waals surface area contributed by atoms with Crippen molar-refractivity contribution >= 4 is 18.5 Å². The third-order valence-electron chi connectivity index (χ3n) is 4.21. The van der Waals surface area contributed by atoms with E-state index in [1.165, 1.54) is 7.11 Å². The first-order valence-corrected chi connectivity index (χ1v) is 8.44. The van der Waals surface area contributed by atoms with Crippen LogP contribution in [-0.4, -0.2) is 62.6 Å². The molecule has 0 aliphatic rings. The van der Waals surface area contributed by atoms with Crippen molar-refractivity contribution in [3.8, 4) is 5.75 Å². The maximum atomic E-state index is 11.2. The summed E-state index contributed by atoms with van der Waals surface area (Å²) in [5.41, 5.74) is 0.786. The molecule has 0 unspecified atom stereocenters. The summed E-state index contributed by atoms with van der Waals surface area (Å²) in [6.07, 6.45) is 2.92. The summed E-state index contributed by atoms with van der Waals surface area (Å²) in [6, 6.07) is 4.98. The third kappa shape index (κ3) is 7.06. The lowest BCUT2D eigenvalue weighted by molar-refractivity contribution is -0.922. The van der Waals surface area contributed by atoms with Crippen LogP contribution in [0.15, 0.2) is 18.2 Å². The first-order valence-electron chi connectivity index (χ1n) is 8.44. The van der Waals surface area contributed by atoms with Crippen molar-refractivity contribution in [1.29, 1.82) is 0 Å². The van der Waals surface area contributed by atoms with E-state index in [1.54, 1.807) is 12.1 Å². The minimum atomic E-state index is -0.450. The Balaban J connectivity index is 2.88. The van der Waals surface area contributed by atoms with E-state index >= 15 is 0 Å². The lowest BCUT2D eigenvalue weighted by atomic mass is 10.1. The zero-order chi connectivity index (χ0) is 19.4. The number of quaternary nitrogens is 1. The molecular formula is C17H27N4O5+. The maximum absolute atomic E-state index is 11.2. The molecule has 0 atom stereocenters. The molecule has 1 aromatic rings. The molecule has 0 saturated carbocycles. The van der Waals surface area contributed by atoms with Gasteiger partial charge in [-0.2, -0.15) is 0 Å². The Labute approximate surface area is 153 Å². The second kappa shape index (κ2) is 11.0. The highest BCUT2D eigenvalue weighted by molar-refractivity contribution is 5.48. The Morgan fingerprint density at radius 3 is 2.19 bits per heavy atom. The van der Waals surface area contributed by atoms with Crippen molar-refractivity contribution in [3.05, 3.63) is 33.9 Å². The molecule has 0 spiro atoms. The molecule has 0 heterocycles. The molecule has 9 nitrogen and oxygen atoms in total. The van der Waals surface area contributed by atoms with Crippen molar-refractivity contribution in [2.75, 3.05) is 40.3 Å². The molecule has 0 aliphatic carbocycles. The second-order valence-corrected chi connectivity index (χ2v) is 6.34. The smallest absolute Gasteiger partial charge is 0.311 e. The van der Waals surface area contributed by atoms with E-state index in [4.69, 9.17) is 4.74 Å². The van der Waals surface area contributed by atoms with E-state index < -0.39 is 4.92 Å². The van der Waals surface area contributed by atoms with Crippen molar-refractivity contribution in [2.24, 2.45) is 0 Å². The maximum Gasteiger partial charge on any atom is 0.311 e. The molecule has 9 heteroatoms. The Kier molecular flexibility index (Phi) is 9.07. The van der Waals surface area contributed by atoms with Gasteiger partial charge in [-0.15, -0.1) is 0 Å². The molecule has 1 rings (SSSR count). The van der Waals surface area contributed by atoms with E-state index in [9.17, 15) is 19.7 Å². The van der Waals surface area contributed by atoms with Gasteiger partial charge in [-0.3, -0.25) is 19.7 Å². The molecule has 1 aromatic carbocycles. The highest BCUT2D eigenvalue weighted by Gasteiger charge is 2.24. The third-order valence-corrected chi connectivity index (χ3v) is 4.21. The number of nitro groups is 1.